The van der Waals surface area contributed by atoms with E-state index in [2.05, 4.69) is 25.2 Å². The molecular weight excluding hydrogens is 444 g/mol. The number of hydrogen-bond acceptors (Lipinski definition) is 9. The van der Waals surface area contributed by atoms with Gasteiger partial charge in [-0.05, 0) is 38.9 Å². The van der Waals surface area contributed by atoms with Gasteiger partial charge in [0.05, 0.1) is 17.8 Å². The van der Waals surface area contributed by atoms with E-state index in [1.807, 2.05) is 19.1 Å². The van der Waals surface area contributed by atoms with Crippen molar-refractivity contribution in [3.8, 4) is 11.5 Å². The molecule has 4 heterocycles. The molecule has 1 aliphatic rings. The monoisotopic (exact) mass is 468 g/mol. The molecule has 4 aromatic rings. The number of pyridine rings is 1. The maximum atomic E-state index is 13.4. The van der Waals surface area contributed by atoms with Gasteiger partial charge in [-0.3, -0.25) is 9.88 Å². The van der Waals surface area contributed by atoms with Crippen LogP contribution < -0.4 is 0 Å². The first-order chi connectivity index (χ1) is 15.9. The predicted octanol–water partition coefficient (Wildman–Crippen LogP) is 2.79. The van der Waals surface area contributed by atoms with Crippen molar-refractivity contribution in [1.29, 1.82) is 0 Å². The van der Waals surface area contributed by atoms with E-state index in [-0.39, 0.29) is 4.90 Å². The number of para-hydroxylation sites is 1. The van der Waals surface area contributed by atoms with Crippen LogP contribution in [0.4, 0.5) is 0 Å². The average Bonchev–Trinajstić information content (AvgIpc) is 3.30. The standard InChI is InChI=1S/C22H24N6O4S/c1-15-20(16(2)31-25-15)22-24-19(26-32-22)14-27-10-5-11-28(13-12-27)33(29,30)18-8-3-6-17-7-4-9-23-21(17)18/h3-4,6-9H,5,10-14H2,1-2H3. The molecule has 10 nitrogen and oxygen atoms in total. The van der Waals surface area contributed by atoms with Crippen LogP contribution in [-0.2, 0) is 16.6 Å². The number of fused-ring (bicyclic) bond motifs is 1. The Labute approximate surface area is 191 Å². The molecule has 0 bridgehead atoms. The first-order valence-electron chi connectivity index (χ1n) is 10.8. The molecule has 0 aliphatic carbocycles. The Bertz CT molecular complexity index is 1370. The summed E-state index contributed by atoms with van der Waals surface area (Å²) in [6, 6.07) is 8.93. The molecule has 0 unspecified atom stereocenters. The fraction of sp³-hybridized carbons (Fsp3) is 0.364. The number of rotatable bonds is 5. The molecule has 3 aromatic heterocycles. The van der Waals surface area contributed by atoms with Crippen molar-refractivity contribution in [3.05, 3.63) is 53.8 Å². The molecule has 11 heteroatoms. The fourth-order valence-corrected chi connectivity index (χ4v) is 5.81. The van der Waals surface area contributed by atoms with E-state index in [1.54, 1.807) is 35.6 Å². The normalized spacial score (nSPS) is 16.3. The van der Waals surface area contributed by atoms with Crippen LogP contribution in [0.25, 0.3) is 22.4 Å². The molecule has 1 aliphatic heterocycles. The highest BCUT2D eigenvalue weighted by Crippen LogP contribution is 2.26. The highest BCUT2D eigenvalue weighted by atomic mass is 32.2. The molecule has 33 heavy (non-hydrogen) atoms. The number of aryl methyl sites for hydroxylation is 2. The van der Waals surface area contributed by atoms with E-state index in [4.69, 9.17) is 9.05 Å². The van der Waals surface area contributed by atoms with Gasteiger partial charge in [-0.25, -0.2) is 8.42 Å². The van der Waals surface area contributed by atoms with Crippen LogP contribution in [0.5, 0.6) is 0 Å². The largest absolute Gasteiger partial charge is 0.361 e. The first kappa shape index (κ1) is 21.7. The maximum Gasteiger partial charge on any atom is 0.263 e. The molecule has 1 aromatic carbocycles. The lowest BCUT2D eigenvalue weighted by atomic mass is 10.2. The minimum atomic E-state index is -3.67. The quantitative estimate of drug-likeness (QED) is 0.435. The lowest BCUT2D eigenvalue weighted by Crippen LogP contribution is -2.35. The Kier molecular flexibility index (Phi) is 5.69. The molecule has 1 fully saturated rings. The van der Waals surface area contributed by atoms with Crippen molar-refractivity contribution in [3.63, 3.8) is 0 Å². The predicted molar refractivity (Wildman–Crippen MR) is 120 cm³/mol. The summed E-state index contributed by atoms with van der Waals surface area (Å²) >= 11 is 0. The van der Waals surface area contributed by atoms with Crippen LogP contribution in [0.3, 0.4) is 0 Å². The number of hydrogen-bond donors (Lipinski definition) is 0. The van der Waals surface area contributed by atoms with Crippen molar-refractivity contribution in [2.75, 3.05) is 26.2 Å². The van der Waals surface area contributed by atoms with Gasteiger partial charge in [0.1, 0.15) is 16.2 Å². The molecule has 0 saturated carbocycles. The molecule has 0 spiro atoms. The van der Waals surface area contributed by atoms with Crippen molar-refractivity contribution >= 4 is 20.9 Å². The zero-order chi connectivity index (χ0) is 23.0. The second-order valence-corrected chi connectivity index (χ2v) is 9.99. The summed E-state index contributed by atoms with van der Waals surface area (Å²) in [5.41, 5.74) is 1.91. The van der Waals surface area contributed by atoms with Crippen LogP contribution in [0, 0.1) is 13.8 Å². The first-order valence-corrected chi connectivity index (χ1v) is 12.2. The third-order valence-corrected chi connectivity index (χ3v) is 7.77. The summed E-state index contributed by atoms with van der Waals surface area (Å²) in [7, 11) is -3.67. The van der Waals surface area contributed by atoms with E-state index in [0.717, 1.165) is 11.9 Å². The molecule has 5 rings (SSSR count). The van der Waals surface area contributed by atoms with Gasteiger partial charge in [0.25, 0.3) is 5.89 Å². The zero-order valence-electron chi connectivity index (χ0n) is 18.4. The van der Waals surface area contributed by atoms with Gasteiger partial charge in [-0.15, -0.1) is 0 Å². The zero-order valence-corrected chi connectivity index (χ0v) is 19.2. The van der Waals surface area contributed by atoms with Gasteiger partial charge in [0.2, 0.25) is 10.0 Å². The Balaban J connectivity index is 1.30. The molecule has 0 amide bonds. The van der Waals surface area contributed by atoms with Gasteiger partial charge in [0, 0.05) is 31.2 Å². The Morgan fingerprint density at radius 1 is 1.00 bits per heavy atom. The van der Waals surface area contributed by atoms with Crippen molar-refractivity contribution < 1.29 is 17.5 Å². The van der Waals surface area contributed by atoms with Crippen LogP contribution in [0.15, 0.2) is 50.5 Å². The minimum absolute atomic E-state index is 0.247. The summed E-state index contributed by atoms with van der Waals surface area (Å²) in [4.78, 5) is 11.2. The minimum Gasteiger partial charge on any atom is -0.361 e. The summed E-state index contributed by atoms with van der Waals surface area (Å²) < 4.78 is 39.0. The van der Waals surface area contributed by atoms with Gasteiger partial charge in [0.15, 0.2) is 5.82 Å². The van der Waals surface area contributed by atoms with E-state index < -0.39 is 10.0 Å². The third-order valence-electron chi connectivity index (χ3n) is 5.84. The van der Waals surface area contributed by atoms with Crippen LogP contribution in [-0.4, -0.2) is 64.1 Å². The molecule has 0 N–H and O–H groups in total. The van der Waals surface area contributed by atoms with Gasteiger partial charge >= 0.3 is 0 Å². The molecule has 0 atom stereocenters. The highest BCUT2D eigenvalue weighted by molar-refractivity contribution is 7.89. The summed E-state index contributed by atoms with van der Waals surface area (Å²) in [5.74, 6) is 1.55. The molecule has 0 radical (unpaired) electrons. The van der Waals surface area contributed by atoms with E-state index in [0.29, 0.717) is 66.8 Å². The summed E-state index contributed by atoms with van der Waals surface area (Å²) in [5, 5.41) is 8.82. The van der Waals surface area contributed by atoms with Crippen molar-refractivity contribution in [1.82, 2.24) is 29.5 Å². The van der Waals surface area contributed by atoms with Crippen LogP contribution in [0.2, 0.25) is 0 Å². The average molecular weight is 469 g/mol. The SMILES string of the molecule is Cc1noc(C)c1-c1nc(CN2CCCN(S(=O)(=O)c3cccc4cccnc34)CC2)no1. The lowest BCUT2D eigenvalue weighted by molar-refractivity contribution is 0.266. The molecule has 172 valence electrons. The number of sulfonamides is 1. The number of nitrogens with zero attached hydrogens (tertiary/aromatic N) is 6. The smallest absolute Gasteiger partial charge is 0.263 e. The third kappa shape index (κ3) is 4.14. The van der Waals surface area contributed by atoms with Gasteiger partial charge in [-0.1, -0.05) is 28.5 Å². The summed E-state index contributed by atoms with van der Waals surface area (Å²) in [6.45, 7) is 6.20. The number of aromatic nitrogens is 4. The second-order valence-electron chi connectivity index (χ2n) is 8.08. The number of benzene rings is 1. The van der Waals surface area contributed by atoms with E-state index >= 15 is 0 Å². The van der Waals surface area contributed by atoms with Crippen molar-refractivity contribution in [2.45, 2.75) is 31.7 Å². The molecular formula is C22H24N6O4S. The van der Waals surface area contributed by atoms with Crippen LogP contribution >= 0.6 is 0 Å². The Morgan fingerprint density at radius 3 is 2.67 bits per heavy atom. The Morgan fingerprint density at radius 2 is 1.85 bits per heavy atom. The molecule has 1 saturated heterocycles. The fourth-order valence-electron chi connectivity index (χ4n) is 4.18. The van der Waals surface area contributed by atoms with Gasteiger partial charge < -0.3 is 9.05 Å². The topological polar surface area (TPSA) is 118 Å². The lowest BCUT2D eigenvalue weighted by Gasteiger charge is -2.21. The summed E-state index contributed by atoms with van der Waals surface area (Å²) in [6.07, 6.45) is 2.32. The second kappa shape index (κ2) is 8.65. The van der Waals surface area contributed by atoms with E-state index in [9.17, 15) is 8.42 Å². The maximum absolute atomic E-state index is 13.4. The van der Waals surface area contributed by atoms with E-state index in [1.165, 1.54) is 0 Å². The van der Waals surface area contributed by atoms with Crippen molar-refractivity contribution in [2.24, 2.45) is 0 Å². The highest BCUT2D eigenvalue weighted by Gasteiger charge is 2.29. The van der Waals surface area contributed by atoms with Crippen LogP contribution in [0.1, 0.15) is 23.7 Å². The Hall–Kier alpha value is -3.15. The van der Waals surface area contributed by atoms with Gasteiger partial charge in [-0.2, -0.15) is 9.29 Å².